The topological polar surface area (TPSA) is 52.8 Å². The minimum atomic E-state index is -4.38. The molecule has 0 fully saturated rings. The number of rotatable bonds is 6. The van der Waals surface area contributed by atoms with E-state index in [9.17, 15) is 13.2 Å². The molecule has 2 heterocycles. The molecule has 5 nitrogen and oxygen atoms in total. The second-order valence-electron chi connectivity index (χ2n) is 5.38. The summed E-state index contributed by atoms with van der Waals surface area (Å²) in [6.45, 7) is -1.15. The second kappa shape index (κ2) is 7.77. The van der Waals surface area contributed by atoms with Gasteiger partial charge in [-0.3, -0.25) is 9.55 Å². The molecule has 26 heavy (non-hydrogen) atoms. The fourth-order valence-corrected chi connectivity index (χ4v) is 3.22. The fraction of sp³-hybridized carbons (Fsp3) is 0.235. The quantitative estimate of drug-likeness (QED) is 0.600. The van der Waals surface area contributed by atoms with Crippen molar-refractivity contribution >= 4 is 11.8 Å². The van der Waals surface area contributed by atoms with Crippen LogP contribution in [-0.2, 0) is 12.3 Å². The molecule has 0 saturated carbocycles. The Morgan fingerprint density at radius 1 is 1.12 bits per heavy atom. The van der Waals surface area contributed by atoms with Gasteiger partial charge >= 0.3 is 6.18 Å². The number of methoxy groups -OCH3 is 1. The highest BCUT2D eigenvalue weighted by atomic mass is 32.2. The lowest BCUT2D eigenvalue weighted by atomic mass is 10.2. The highest BCUT2D eigenvalue weighted by Crippen LogP contribution is 2.30. The molecule has 136 valence electrons. The summed E-state index contributed by atoms with van der Waals surface area (Å²) >= 11 is 1.19. The van der Waals surface area contributed by atoms with Crippen LogP contribution < -0.4 is 4.74 Å². The minimum Gasteiger partial charge on any atom is -0.497 e. The third kappa shape index (κ3) is 4.54. The van der Waals surface area contributed by atoms with E-state index < -0.39 is 12.7 Å². The number of hydrogen-bond donors (Lipinski definition) is 0. The van der Waals surface area contributed by atoms with Gasteiger partial charge in [0.1, 0.15) is 12.3 Å². The van der Waals surface area contributed by atoms with Crippen LogP contribution in [0.3, 0.4) is 0 Å². The molecule has 0 radical (unpaired) electrons. The van der Waals surface area contributed by atoms with Crippen LogP contribution in [0.1, 0.15) is 5.56 Å². The monoisotopic (exact) mass is 380 g/mol. The van der Waals surface area contributed by atoms with E-state index in [1.165, 1.54) is 24.2 Å². The van der Waals surface area contributed by atoms with Crippen molar-refractivity contribution < 1.29 is 17.9 Å². The first-order valence-corrected chi connectivity index (χ1v) is 8.61. The molecule has 9 heteroatoms. The molecule has 3 rings (SSSR count). The molecule has 2 aromatic heterocycles. The standard InChI is InChI=1S/C17H15F3N4OS/c1-25-14-4-2-3-12(9-14)10-26-16-23-22-15(13-5-7-21-8-6-13)24(16)11-17(18,19)20/h2-9H,10-11H2,1H3. The highest BCUT2D eigenvalue weighted by Gasteiger charge is 2.31. The normalized spacial score (nSPS) is 11.5. The molecular weight excluding hydrogens is 365 g/mol. The van der Waals surface area contributed by atoms with Crippen LogP contribution >= 0.6 is 11.8 Å². The Hall–Kier alpha value is -2.55. The van der Waals surface area contributed by atoms with Gasteiger partial charge in [0.2, 0.25) is 0 Å². The molecule has 0 aliphatic heterocycles. The smallest absolute Gasteiger partial charge is 0.406 e. The van der Waals surface area contributed by atoms with Crippen molar-refractivity contribution in [2.45, 2.75) is 23.6 Å². The third-order valence-corrected chi connectivity index (χ3v) is 4.53. The van der Waals surface area contributed by atoms with E-state index in [4.69, 9.17) is 4.74 Å². The van der Waals surface area contributed by atoms with Crippen LogP contribution in [0.2, 0.25) is 0 Å². The van der Waals surface area contributed by atoms with Crippen molar-refractivity contribution in [3.05, 3.63) is 54.4 Å². The Labute approximate surface area is 152 Å². The maximum absolute atomic E-state index is 13.0. The minimum absolute atomic E-state index is 0.165. The molecular formula is C17H15F3N4OS. The maximum atomic E-state index is 13.0. The summed E-state index contributed by atoms with van der Waals surface area (Å²) in [7, 11) is 1.56. The summed E-state index contributed by atoms with van der Waals surface area (Å²) in [6.07, 6.45) is -1.37. The largest absolute Gasteiger partial charge is 0.497 e. The van der Waals surface area contributed by atoms with E-state index in [2.05, 4.69) is 15.2 Å². The first kappa shape index (κ1) is 18.2. The molecule has 0 spiro atoms. The van der Waals surface area contributed by atoms with Crippen molar-refractivity contribution in [3.8, 4) is 17.1 Å². The van der Waals surface area contributed by atoms with Gasteiger partial charge in [0.25, 0.3) is 0 Å². The van der Waals surface area contributed by atoms with Crippen molar-refractivity contribution in [1.29, 1.82) is 0 Å². The lowest BCUT2D eigenvalue weighted by Gasteiger charge is -2.12. The lowest BCUT2D eigenvalue weighted by Crippen LogP contribution is -2.19. The first-order valence-electron chi connectivity index (χ1n) is 7.62. The van der Waals surface area contributed by atoms with E-state index in [-0.39, 0.29) is 11.0 Å². The van der Waals surface area contributed by atoms with Crippen LogP contribution in [0.25, 0.3) is 11.4 Å². The second-order valence-corrected chi connectivity index (χ2v) is 6.33. The summed E-state index contributed by atoms with van der Waals surface area (Å²) in [5.74, 6) is 1.30. The molecule has 0 saturated heterocycles. The van der Waals surface area contributed by atoms with Crippen molar-refractivity contribution in [3.63, 3.8) is 0 Å². The van der Waals surface area contributed by atoms with Gasteiger partial charge in [-0.1, -0.05) is 23.9 Å². The molecule has 0 N–H and O–H groups in total. The average Bonchev–Trinajstić information content (AvgIpc) is 3.01. The lowest BCUT2D eigenvalue weighted by molar-refractivity contribution is -0.141. The van der Waals surface area contributed by atoms with Gasteiger partial charge in [0.15, 0.2) is 11.0 Å². The predicted molar refractivity (Wildman–Crippen MR) is 91.9 cm³/mol. The Morgan fingerprint density at radius 2 is 1.88 bits per heavy atom. The number of halogens is 3. The number of pyridine rings is 1. The molecule has 0 aliphatic carbocycles. The van der Waals surface area contributed by atoms with Gasteiger partial charge in [-0.05, 0) is 29.8 Å². The zero-order valence-corrected chi connectivity index (χ0v) is 14.6. The predicted octanol–water partition coefficient (Wildman–Crippen LogP) is 4.20. The van der Waals surface area contributed by atoms with Gasteiger partial charge in [0.05, 0.1) is 7.11 Å². The number of thioether (sulfide) groups is 1. The first-order chi connectivity index (χ1) is 12.5. The van der Waals surface area contributed by atoms with Gasteiger partial charge in [-0.25, -0.2) is 0 Å². The van der Waals surface area contributed by atoms with E-state index in [0.717, 1.165) is 10.1 Å². The van der Waals surface area contributed by atoms with Gasteiger partial charge in [-0.15, -0.1) is 10.2 Å². The van der Waals surface area contributed by atoms with Gasteiger partial charge < -0.3 is 4.74 Å². The third-order valence-electron chi connectivity index (χ3n) is 3.49. The zero-order chi connectivity index (χ0) is 18.6. The van der Waals surface area contributed by atoms with Crippen LogP contribution in [0.5, 0.6) is 5.75 Å². The molecule has 0 unspecified atom stereocenters. The number of nitrogens with zero attached hydrogens (tertiary/aromatic N) is 4. The average molecular weight is 380 g/mol. The molecule has 0 amide bonds. The Kier molecular flexibility index (Phi) is 5.46. The summed E-state index contributed by atoms with van der Waals surface area (Å²) in [4.78, 5) is 3.88. The van der Waals surface area contributed by atoms with E-state index in [1.807, 2.05) is 24.3 Å². The van der Waals surface area contributed by atoms with Crippen LogP contribution in [-0.4, -0.2) is 33.0 Å². The van der Waals surface area contributed by atoms with E-state index in [0.29, 0.717) is 17.1 Å². The van der Waals surface area contributed by atoms with Crippen molar-refractivity contribution in [2.24, 2.45) is 0 Å². The highest BCUT2D eigenvalue weighted by molar-refractivity contribution is 7.98. The zero-order valence-electron chi connectivity index (χ0n) is 13.8. The Bertz CT molecular complexity index is 868. The summed E-state index contributed by atoms with van der Waals surface area (Å²) in [5.41, 5.74) is 1.45. The van der Waals surface area contributed by atoms with E-state index >= 15 is 0 Å². The molecule has 1 aromatic carbocycles. The summed E-state index contributed by atoms with van der Waals surface area (Å²) < 4.78 is 45.4. The van der Waals surface area contributed by atoms with Crippen LogP contribution in [0.4, 0.5) is 13.2 Å². The Morgan fingerprint density at radius 3 is 2.58 bits per heavy atom. The Balaban J connectivity index is 1.87. The number of ether oxygens (including phenoxy) is 1. The van der Waals surface area contributed by atoms with Crippen LogP contribution in [0, 0.1) is 0 Å². The van der Waals surface area contributed by atoms with Gasteiger partial charge in [0, 0.05) is 23.7 Å². The van der Waals surface area contributed by atoms with E-state index in [1.54, 1.807) is 19.2 Å². The SMILES string of the molecule is COc1cccc(CSc2nnc(-c3ccncc3)n2CC(F)(F)F)c1. The molecule has 0 aliphatic rings. The number of hydrogen-bond acceptors (Lipinski definition) is 5. The maximum Gasteiger partial charge on any atom is 0.406 e. The van der Waals surface area contributed by atoms with Crippen LogP contribution in [0.15, 0.2) is 53.9 Å². The van der Waals surface area contributed by atoms with Gasteiger partial charge in [-0.2, -0.15) is 13.2 Å². The number of alkyl halides is 3. The van der Waals surface area contributed by atoms with Crippen molar-refractivity contribution in [1.82, 2.24) is 19.7 Å². The molecule has 3 aromatic rings. The van der Waals surface area contributed by atoms with Crippen molar-refractivity contribution in [2.75, 3.05) is 7.11 Å². The summed E-state index contributed by atoms with van der Waals surface area (Å²) in [5, 5.41) is 8.12. The number of aromatic nitrogens is 4. The molecule has 0 bridgehead atoms. The summed E-state index contributed by atoms with van der Waals surface area (Å²) in [6, 6.07) is 10.6. The number of benzene rings is 1. The fourth-order valence-electron chi connectivity index (χ4n) is 2.34. The molecule has 0 atom stereocenters.